The van der Waals surface area contributed by atoms with Gasteiger partial charge in [-0.3, -0.25) is 0 Å². The van der Waals surface area contributed by atoms with Crippen LogP contribution in [0.4, 0.5) is 37.7 Å². The van der Waals surface area contributed by atoms with Crippen LogP contribution in [0.25, 0.3) is 11.1 Å². The molecule has 0 spiro atoms. The summed E-state index contributed by atoms with van der Waals surface area (Å²) in [6.07, 6.45) is -9.28. The van der Waals surface area contributed by atoms with Crippen LogP contribution in [0.2, 0.25) is 0 Å². The van der Waals surface area contributed by atoms with Crippen LogP contribution in [0, 0.1) is 0 Å². The second-order valence-corrected chi connectivity index (χ2v) is 4.60. The van der Waals surface area contributed by atoms with Gasteiger partial charge in [0, 0.05) is 11.4 Å². The number of hydrogen-bond acceptors (Lipinski definition) is 2. The van der Waals surface area contributed by atoms with E-state index in [0.717, 1.165) is 30.3 Å². The molecule has 0 fully saturated rings. The summed E-state index contributed by atoms with van der Waals surface area (Å²) in [5, 5.41) is 0. The van der Waals surface area contributed by atoms with Crippen LogP contribution in [0.3, 0.4) is 0 Å². The third-order valence-electron chi connectivity index (χ3n) is 3.05. The summed E-state index contributed by atoms with van der Waals surface area (Å²) in [6, 6.07) is 5.88. The Balaban J connectivity index is 2.52. The zero-order chi connectivity index (χ0) is 16.7. The van der Waals surface area contributed by atoms with Crippen LogP contribution in [0.5, 0.6) is 0 Å². The number of hydrogen-bond donors (Lipinski definition) is 2. The van der Waals surface area contributed by atoms with Crippen LogP contribution >= 0.6 is 0 Å². The zero-order valence-electron chi connectivity index (χ0n) is 10.9. The molecule has 0 unspecified atom stereocenters. The molecule has 0 aliphatic carbocycles. The smallest absolute Gasteiger partial charge is 0.398 e. The first-order chi connectivity index (χ1) is 10.00. The second kappa shape index (κ2) is 5.11. The lowest BCUT2D eigenvalue weighted by atomic mass is 9.99. The molecule has 2 rings (SSSR count). The molecule has 2 aromatic rings. The quantitative estimate of drug-likeness (QED) is 0.598. The van der Waals surface area contributed by atoms with Gasteiger partial charge in [-0.2, -0.15) is 26.3 Å². The lowest BCUT2D eigenvalue weighted by Crippen LogP contribution is -2.09. The second-order valence-electron chi connectivity index (χ2n) is 4.60. The Kier molecular flexibility index (Phi) is 3.72. The largest absolute Gasteiger partial charge is 0.418 e. The third kappa shape index (κ3) is 3.10. The molecule has 0 heterocycles. The number of benzene rings is 2. The molecule has 8 heteroatoms. The highest BCUT2D eigenvalue weighted by Gasteiger charge is 2.34. The number of anilines is 2. The number of halogens is 6. The maximum atomic E-state index is 12.8. The fourth-order valence-electron chi connectivity index (χ4n) is 1.98. The summed E-state index contributed by atoms with van der Waals surface area (Å²) < 4.78 is 76.2. The van der Waals surface area contributed by atoms with Gasteiger partial charge in [-0.15, -0.1) is 0 Å². The highest BCUT2D eigenvalue weighted by Crippen LogP contribution is 2.38. The monoisotopic (exact) mass is 320 g/mol. The van der Waals surface area contributed by atoms with Crippen molar-refractivity contribution >= 4 is 11.4 Å². The molecule has 0 atom stereocenters. The van der Waals surface area contributed by atoms with Crippen molar-refractivity contribution in [3.8, 4) is 11.1 Å². The van der Waals surface area contributed by atoms with Gasteiger partial charge < -0.3 is 11.5 Å². The van der Waals surface area contributed by atoms with Crippen LogP contribution in [-0.4, -0.2) is 0 Å². The molecule has 4 N–H and O–H groups in total. The Morgan fingerprint density at radius 2 is 1.09 bits per heavy atom. The fraction of sp³-hybridized carbons (Fsp3) is 0.143. The average Bonchev–Trinajstić information content (AvgIpc) is 2.36. The lowest BCUT2D eigenvalue weighted by Gasteiger charge is -2.14. The normalized spacial score (nSPS) is 12.5. The lowest BCUT2D eigenvalue weighted by molar-refractivity contribution is -0.137. The Morgan fingerprint density at radius 1 is 0.591 bits per heavy atom. The van der Waals surface area contributed by atoms with E-state index in [1.165, 1.54) is 6.07 Å². The molecule has 118 valence electrons. The fourth-order valence-corrected chi connectivity index (χ4v) is 1.98. The zero-order valence-corrected chi connectivity index (χ0v) is 10.9. The summed E-state index contributed by atoms with van der Waals surface area (Å²) in [4.78, 5) is 0. The van der Waals surface area contributed by atoms with Crippen LogP contribution in [0.15, 0.2) is 36.4 Å². The van der Waals surface area contributed by atoms with E-state index in [4.69, 9.17) is 11.5 Å². The van der Waals surface area contributed by atoms with Crippen molar-refractivity contribution in [2.75, 3.05) is 11.5 Å². The van der Waals surface area contributed by atoms with Gasteiger partial charge in [0.15, 0.2) is 0 Å². The van der Waals surface area contributed by atoms with Crippen molar-refractivity contribution < 1.29 is 26.3 Å². The predicted octanol–water partition coefficient (Wildman–Crippen LogP) is 4.56. The number of alkyl halides is 6. The van der Waals surface area contributed by atoms with E-state index in [2.05, 4.69) is 0 Å². The molecule has 0 saturated heterocycles. The SMILES string of the molecule is Nc1cc(-c2ccc(N)c(C(F)(F)F)c2)ccc1C(F)(F)F. The van der Waals surface area contributed by atoms with E-state index < -0.39 is 34.9 Å². The van der Waals surface area contributed by atoms with Gasteiger partial charge in [-0.25, -0.2) is 0 Å². The molecular weight excluding hydrogens is 310 g/mol. The molecule has 0 aliphatic heterocycles. The molecule has 0 bridgehead atoms. The van der Waals surface area contributed by atoms with Crippen molar-refractivity contribution in [2.45, 2.75) is 12.4 Å². The van der Waals surface area contributed by atoms with E-state index in [1.807, 2.05) is 0 Å². The van der Waals surface area contributed by atoms with Gasteiger partial charge in [-0.05, 0) is 35.4 Å². The average molecular weight is 320 g/mol. The van der Waals surface area contributed by atoms with E-state index in [-0.39, 0.29) is 11.1 Å². The number of nitrogen functional groups attached to an aromatic ring is 2. The first kappa shape index (κ1) is 16.0. The molecule has 22 heavy (non-hydrogen) atoms. The van der Waals surface area contributed by atoms with E-state index in [0.29, 0.717) is 0 Å². The molecule has 0 saturated carbocycles. The highest BCUT2D eigenvalue weighted by atomic mass is 19.4. The Hall–Kier alpha value is -2.38. The third-order valence-corrected chi connectivity index (χ3v) is 3.05. The van der Waals surface area contributed by atoms with Crippen LogP contribution in [-0.2, 0) is 12.4 Å². The van der Waals surface area contributed by atoms with E-state index in [1.54, 1.807) is 0 Å². The van der Waals surface area contributed by atoms with Gasteiger partial charge in [0.1, 0.15) is 0 Å². The standard InChI is InChI=1S/C14H10F6N2/c15-13(16,17)9-3-1-8(6-12(9)22)7-2-4-11(21)10(5-7)14(18,19)20/h1-6H,21-22H2. The minimum Gasteiger partial charge on any atom is -0.398 e. The van der Waals surface area contributed by atoms with Gasteiger partial charge in [0.2, 0.25) is 0 Å². The van der Waals surface area contributed by atoms with Crippen LogP contribution in [0.1, 0.15) is 11.1 Å². The van der Waals surface area contributed by atoms with Crippen molar-refractivity contribution in [2.24, 2.45) is 0 Å². The van der Waals surface area contributed by atoms with Gasteiger partial charge in [-0.1, -0.05) is 12.1 Å². The van der Waals surface area contributed by atoms with Crippen molar-refractivity contribution in [3.05, 3.63) is 47.5 Å². The summed E-state index contributed by atoms with van der Waals surface area (Å²) in [6.45, 7) is 0. The minimum absolute atomic E-state index is 0.0712. The molecule has 2 nitrogen and oxygen atoms in total. The summed E-state index contributed by atoms with van der Waals surface area (Å²) in [5.74, 6) is 0. The Bertz CT molecular complexity index is 703. The van der Waals surface area contributed by atoms with E-state index in [9.17, 15) is 26.3 Å². The van der Waals surface area contributed by atoms with Crippen molar-refractivity contribution in [3.63, 3.8) is 0 Å². The molecule has 2 aromatic carbocycles. The number of nitrogens with two attached hydrogens (primary N) is 2. The maximum absolute atomic E-state index is 12.8. The summed E-state index contributed by atoms with van der Waals surface area (Å²) >= 11 is 0. The molecule has 0 amide bonds. The molecule has 0 aliphatic rings. The predicted molar refractivity (Wildman–Crippen MR) is 70.7 cm³/mol. The van der Waals surface area contributed by atoms with Gasteiger partial charge in [0.25, 0.3) is 0 Å². The van der Waals surface area contributed by atoms with Crippen molar-refractivity contribution in [1.29, 1.82) is 0 Å². The first-order valence-electron chi connectivity index (χ1n) is 5.94. The van der Waals surface area contributed by atoms with Crippen molar-refractivity contribution in [1.82, 2.24) is 0 Å². The minimum atomic E-state index is -4.66. The van der Waals surface area contributed by atoms with Gasteiger partial charge in [0.05, 0.1) is 11.1 Å². The highest BCUT2D eigenvalue weighted by molar-refractivity contribution is 5.72. The molecule has 0 radical (unpaired) electrons. The molecular formula is C14H10F6N2. The van der Waals surface area contributed by atoms with E-state index >= 15 is 0 Å². The van der Waals surface area contributed by atoms with Gasteiger partial charge >= 0.3 is 12.4 Å². The molecule has 0 aromatic heterocycles. The van der Waals surface area contributed by atoms with Crippen LogP contribution < -0.4 is 11.5 Å². The Morgan fingerprint density at radius 3 is 1.59 bits per heavy atom. The number of rotatable bonds is 1. The maximum Gasteiger partial charge on any atom is 0.418 e. The topological polar surface area (TPSA) is 52.0 Å². The Labute approximate surface area is 121 Å². The summed E-state index contributed by atoms with van der Waals surface area (Å²) in [7, 11) is 0. The summed E-state index contributed by atoms with van der Waals surface area (Å²) in [5.41, 5.74) is 7.70. The first-order valence-corrected chi connectivity index (χ1v) is 5.94.